The minimum Gasteiger partial charge on any atom is -0.484 e. The summed E-state index contributed by atoms with van der Waals surface area (Å²) in [5.41, 5.74) is 3.68. The van der Waals surface area contributed by atoms with Crippen molar-refractivity contribution in [3.05, 3.63) is 89.5 Å². The van der Waals surface area contributed by atoms with Crippen LogP contribution in [-0.2, 0) is 10.0 Å². The lowest BCUT2D eigenvalue weighted by atomic mass is 10.1. The molecular weight excluding hydrogens is 358 g/mol. The third kappa shape index (κ3) is 3.30. The molecule has 138 valence electrons. The maximum Gasteiger partial charge on any atom is 0.264 e. The average Bonchev–Trinajstić information content (AvgIpc) is 3.02. The van der Waals surface area contributed by atoms with Crippen LogP contribution in [0.2, 0.25) is 0 Å². The molecule has 0 radical (unpaired) electrons. The van der Waals surface area contributed by atoms with Crippen molar-refractivity contribution in [2.24, 2.45) is 0 Å². The molecule has 27 heavy (non-hydrogen) atoms. The quantitative estimate of drug-likeness (QED) is 0.664. The second kappa shape index (κ2) is 6.74. The van der Waals surface area contributed by atoms with E-state index in [-0.39, 0.29) is 12.6 Å². The molecule has 0 aliphatic carbocycles. The largest absolute Gasteiger partial charge is 0.484 e. The highest BCUT2D eigenvalue weighted by atomic mass is 32.2. The van der Waals surface area contributed by atoms with Crippen LogP contribution in [0.5, 0.6) is 5.75 Å². The SMILES string of the molecule is Cc1ccc(S(=O)(=O)N2CC(Oc3cccc(C)c3)c3ccccc32)cc1. The van der Waals surface area contributed by atoms with Gasteiger partial charge in [0.05, 0.1) is 17.1 Å². The molecule has 0 aromatic heterocycles. The highest BCUT2D eigenvalue weighted by Gasteiger charge is 2.37. The minimum absolute atomic E-state index is 0.253. The molecule has 0 spiro atoms. The number of aryl methyl sites for hydroxylation is 2. The summed E-state index contributed by atoms with van der Waals surface area (Å²) >= 11 is 0. The van der Waals surface area contributed by atoms with Gasteiger partial charge >= 0.3 is 0 Å². The van der Waals surface area contributed by atoms with Crippen molar-refractivity contribution in [3.63, 3.8) is 0 Å². The van der Waals surface area contributed by atoms with Crippen molar-refractivity contribution in [1.82, 2.24) is 0 Å². The van der Waals surface area contributed by atoms with Gasteiger partial charge in [-0.1, -0.05) is 48.0 Å². The Morgan fingerprint density at radius 3 is 2.37 bits per heavy atom. The van der Waals surface area contributed by atoms with Crippen molar-refractivity contribution in [2.75, 3.05) is 10.8 Å². The second-order valence-corrected chi connectivity index (χ2v) is 8.69. The van der Waals surface area contributed by atoms with E-state index in [0.717, 1.165) is 22.4 Å². The molecule has 1 aliphatic heterocycles. The van der Waals surface area contributed by atoms with Gasteiger partial charge in [0.25, 0.3) is 10.0 Å². The van der Waals surface area contributed by atoms with Crippen molar-refractivity contribution in [2.45, 2.75) is 24.8 Å². The molecule has 0 fully saturated rings. The van der Waals surface area contributed by atoms with E-state index in [2.05, 4.69) is 0 Å². The predicted octanol–water partition coefficient (Wildman–Crippen LogP) is 4.63. The average molecular weight is 379 g/mol. The van der Waals surface area contributed by atoms with Crippen LogP contribution in [0.4, 0.5) is 5.69 Å². The molecule has 1 aliphatic rings. The maximum atomic E-state index is 13.2. The Labute approximate surface area is 160 Å². The van der Waals surface area contributed by atoms with Gasteiger partial charge in [0.15, 0.2) is 0 Å². The van der Waals surface area contributed by atoms with Gasteiger partial charge in [0, 0.05) is 5.56 Å². The molecule has 0 bridgehead atoms. The first-order chi connectivity index (χ1) is 12.9. The molecule has 5 heteroatoms. The smallest absolute Gasteiger partial charge is 0.264 e. The van der Waals surface area contributed by atoms with E-state index >= 15 is 0 Å². The predicted molar refractivity (Wildman–Crippen MR) is 107 cm³/mol. The number of hydrogen-bond donors (Lipinski definition) is 0. The number of ether oxygens (including phenoxy) is 1. The fourth-order valence-electron chi connectivity index (χ4n) is 3.35. The second-order valence-electron chi connectivity index (χ2n) is 6.83. The van der Waals surface area contributed by atoms with E-state index in [9.17, 15) is 8.42 Å². The van der Waals surface area contributed by atoms with Gasteiger partial charge in [-0.3, -0.25) is 4.31 Å². The van der Waals surface area contributed by atoms with Crippen LogP contribution in [0.3, 0.4) is 0 Å². The number of rotatable bonds is 4. The number of benzene rings is 3. The Kier molecular flexibility index (Phi) is 4.40. The summed E-state index contributed by atoms with van der Waals surface area (Å²) in [6, 6.07) is 22.3. The zero-order chi connectivity index (χ0) is 19.0. The summed E-state index contributed by atoms with van der Waals surface area (Å²) < 4.78 is 34.1. The molecule has 3 aromatic rings. The Balaban J connectivity index is 1.70. The van der Waals surface area contributed by atoms with Gasteiger partial charge in [-0.2, -0.15) is 0 Å². The number of hydrogen-bond acceptors (Lipinski definition) is 3. The number of fused-ring (bicyclic) bond motifs is 1. The summed E-state index contributed by atoms with van der Waals surface area (Å²) in [7, 11) is -3.65. The summed E-state index contributed by atoms with van der Waals surface area (Å²) in [6.07, 6.45) is -0.344. The van der Waals surface area contributed by atoms with Gasteiger partial charge in [0.2, 0.25) is 0 Å². The highest BCUT2D eigenvalue weighted by Crippen LogP contribution is 2.40. The Morgan fingerprint density at radius 1 is 0.889 bits per heavy atom. The third-order valence-electron chi connectivity index (χ3n) is 4.76. The minimum atomic E-state index is -3.65. The summed E-state index contributed by atoms with van der Waals surface area (Å²) in [4.78, 5) is 0.291. The van der Waals surface area contributed by atoms with E-state index in [1.807, 2.05) is 74.5 Å². The number of nitrogens with zero attached hydrogens (tertiary/aromatic N) is 1. The standard InChI is InChI=1S/C22H21NO3S/c1-16-10-12-19(13-11-16)27(24,25)23-15-22(20-8-3-4-9-21(20)23)26-18-7-5-6-17(2)14-18/h3-14,22H,15H2,1-2H3. The zero-order valence-electron chi connectivity index (χ0n) is 15.3. The lowest BCUT2D eigenvalue weighted by molar-refractivity contribution is 0.224. The molecular formula is C22H21NO3S. The lowest BCUT2D eigenvalue weighted by Crippen LogP contribution is -2.30. The van der Waals surface area contributed by atoms with Gasteiger partial charge in [-0.05, 0) is 49.7 Å². The van der Waals surface area contributed by atoms with Crippen LogP contribution in [0.25, 0.3) is 0 Å². The fourth-order valence-corrected chi connectivity index (χ4v) is 4.84. The van der Waals surface area contributed by atoms with Crippen molar-refractivity contribution >= 4 is 15.7 Å². The lowest BCUT2D eigenvalue weighted by Gasteiger charge is -2.20. The van der Waals surface area contributed by atoms with Crippen LogP contribution >= 0.6 is 0 Å². The topological polar surface area (TPSA) is 46.6 Å². The number of sulfonamides is 1. The van der Waals surface area contributed by atoms with Gasteiger partial charge in [-0.25, -0.2) is 8.42 Å². The number of anilines is 1. The summed E-state index contributed by atoms with van der Waals surface area (Å²) in [5, 5.41) is 0. The Morgan fingerprint density at radius 2 is 1.63 bits per heavy atom. The van der Waals surface area contributed by atoms with Crippen molar-refractivity contribution in [1.29, 1.82) is 0 Å². The van der Waals surface area contributed by atoms with Crippen molar-refractivity contribution in [3.8, 4) is 5.75 Å². The monoisotopic (exact) mass is 379 g/mol. The third-order valence-corrected chi connectivity index (χ3v) is 6.55. The van der Waals surface area contributed by atoms with E-state index in [0.29, 0.717) is 10.6 Å². The van der Waals surface area contributed by atoms with Crippen LogP contribution in [0.1, 0.15) is 22.8 Å². The molecule has 0 N–H and O–H groups in total. The first-order valence-electron chi connectivity index (χ1n) is 8.87. The Bertz CT molecular complexity index is 1070. The van der Waals surface area contributed by atoms with E-state index in [1.54, 1.807) is 12.1 Å². The molecule has 0 amide bonds. The zero-order valence-corrected chi connectivity index (χ0v) is 16.1. The van der Waals surface area contributed by atoms with Crippen LogP contribution in [0.15, 0.2) is 77.7 Å². The molecule has 4 rings (SSSR count). The number of para-hydroxylation sites is 1. The van der Waals surface area contributed by atoms with E-state index in [1.165, 1.54) is 4.31 Å². The molecule has 0 saturated carbocycles. The molecule has 3 aromatic carbocycles. The summed E-state index contributed by atoms with van der Waals surface area (Å²) in [5.74, 6) is 0.740. The van der Waals surface area contributed by atoms with E-state index < -0.39 is 10.0 Å². The van der Waals surface area contributed by atoms with Gasteiger partial charge in [0.1, 0.15) is 11.9 Å². The van der Waals surface area contributed by atoms with Crippen LogP contribution in [-0.4, -0.2) is 15.0 Å². The van der Waals surface area contributed by atoms with Gasteiger partial charge < -0.3 is 4.74 Å². The summed E-state index contributed by atoms with van der Waals surface area (Å²) in [6.45, 7) is 4.19. The normalized spacial score (nSPS) is 16.2. The highest BCUT2D eigenvalue weighted by molar-refractivity contribution is 7.92. The van der Waals surface area contributed by atoms with Gasteiger partial charge in [-0.15, -0.1) is 0 Å². The van der Waals surface area contributed by atoms with E-state index in [4.69, 9.17) is 4.74 Å². The maximum absolute atomic E-state index is 13.2. The molecule has 1 heterocycles. The van der Waals surface area contributed by atoms with Crippen molar-refractivity contribution < 1.29 is 13.2 Å². The molecule has 4 nitrogen and oxygen atoms in total. The molecule has 0 saturated heterocycles. The first kappa shape index (κ1) is 17.6. The van der Waals surface area contributed by atoms with Crippen LogP contribution < -0.4 is 9.04 Å². The fraction of sp³-hybridized carbons (Fsp3) is 0.182. The van der Waals surface area contributed by atoms with Crippen LogP contribution in [0, 0.1) is 13.8 Å². The Hall–Kier alpha value is -2.79. The first-order valence-corrected chi connectivity index (χ1v) is 10.3. The molecule has 1 unspecified atom stereocenters. The molecule has 1 atom stereocenters.